The molecule has 28 heavy (non-hydrogen) atoms. The van der Waals surface area contributed by atoms with Gasteiger partial charge in [-0.15, -0.1) is 0 Å². The number of fused-ring (bicyclic) bond motifs is 1. The van der Waals surface area contributed by atoms with Gasteiger partial charge in [-0.25, -0.2) is 13.1 Å². The van der Waals surface area contributed by atoms with Gasteiger partial charge in [0.2, 0.25) is 15.9 Å². The monoisotopic (exact) mass is 402 g/mol. The summed E-state index contributed by atoms with van der Waals surface area (Å²) in [4.78, 5) is 23.6. The van der Waals surface area contributed by atoms with E-state index in [-0.39, 0.29) is 18.4 Å². The minimum atomic E-state index is -3.49. The van der Waals surface area contributed by atoms with Crippen LogP contribution in [-0.4, -0.2) is 33.5 Å². The molecule has 2 N–H and O–H groups in total. The number of amides is 1. The largest absolute Gasteiger partial charge is 0.493 e. The summed E-state index contributed by atoms with van der Waals surface area (Å²) < 4.78 is 31.6. The third-order valence-corrected chi connectivity index (χ3v) is 5.21. The predicted molar refractivity (Wildman–Crippen MR) is 105 cm³/mol. The molecule has 0 aliphatic carbocycles. The van der Waals surface area contributed by atoms with Gasteiger partial charge in [0, 0.05) is 24.0 Å². The van der Waals surface area contributed by atoms with Crippen LogP contribution >= 0.6 is 0 Å². The Morgan fingerprint density at radius 1 is 1.25 bits per heavy atom. The molecule has 0 saturated heterocycles. The van der Waals surface area contributed by atoms with Gasteiger partial charge in [0.1, 0.15) is 12.0 Å². The summed E-state index contributed by atoms with van der Waals surface area (Å²) in [5.74, 6) is 0.303. The third-order valence-electron chi connectivity index (χ3n) is 4.50. The molecule has 1 aliphatic rings. The molecule has 1 aliphatic heterocycles. The van der Waals surface area contributed by atoms with E-state index in [0.717, 1.165) is 18.1 Å². The molecule has 0 radical (unpaired) electrons. The SMILES string of the molecule is CS(=O)(=O)NC(CC(=O)NC1CCOc2cc(C=O)ccc21)c1ccccc1. The van der Waals surface area contributed by atoms with Crippen LogP contribution in [0.3, 0.4) is 0 Å². The summed E-state index contributed by atoms with van der Waals surface area (Å²) in [5, 5.41) is 2.96. The molecule has 0 spiro atoms. The predicted octanol–water partition coefficient (Wildman–Crippen LogP) is 2.12. The minimum Gasteiger partial charge on any atom is -0.493 e. The lowest BCUT2D eigenvalue weighted by Crippen LogP contribution is -2.36. The number of carbonyl (C=O) groups excluding carboxylic acids is 2. The highest BCUT2D eigenvalue weighted by Crippen LogP contribution is 2.32. The van der Waals surface area contributed by atoms with Crippen LogP contribution in [0.25, 0.3) is 0 Å². The number of sulfonamides is 1. The maximum atomic E-state index is 12.7. The van der Waals surface area contributed by atoms with Gasteiger partial charge in [0.05, 0.1) is 24.9 Å². The topological polar surface area (TPSA) is 102 Å². The van der Waals surface area contributed by atoms with Crippen molar-refractivity contribution in [2.75, 3.05) is 12.9 Å². The van der Waals surface area contributed by atoms with Crippen molar-refractivity contribution in [3.05, 3.63) is 65.2 Å². The second-order valence-corrected chi connectivity index (χ2v) is 8.51. The van der Waals surface area contributed by atoms with E-state index < -0.39 is 16.1 Å². The van der Waals surface area contributed by atoms with Crippen molar-refractivity contribution in [2.24, 2.45) is 0 Å². The first-order chi connectivity index (χ1) is 13.4. The maximum Gasteiger partial charge on any atom is 0.222 e. The molecule has 0 bridgehead atoms. The van der Waals surface area contributed by atoms with Crippen LogP contribution in [0.2, 0.25) is 0 Å². The standard InChI is InChI=1S/C20H22N2O5S/c1-28(25,26)22-18(15-5-3-2-4-6-15)12-20(24)21-17-9-10-27-19-11-14(13-23)7-8-16(17)19/h2-8,11,13,17-18,22H,9-10,12H2,1H3,(H,21,24). The smallest absolute Gasteiger partial charge is 0.222 e. The first kappa shape index (κ1) is 20.0. The van der Waals surface area contributed by atoms with Crippen molar-refractivity contribution in [1.29, 1.82) is 0 Å². The van der Waals surface area contributed by atoms with Crippen LogP contribution in [0.1, 0.15) is 46.4 Å². The van der Waals surface area contributed by atoms with Crippen LogP contribution in [0.15, 0.2) is 48.5 Å². The van der Waals surface area contributed by atoms with Crippen molar-refractivity contribution in [3.63, 3.8) is 0 Å². The van der Waals surface area contributed by atoms with E-state index in [1.807, 2.05) is 6.07 Å². The molecule has 2 atom stereocenters. The number of ether oxygens (including phenoxy) is 1. The van der Waals surface area contributed by atoms with Crippen molar-refractivity contribution >= 4 is 22.2 Å². The van der Waals surface area contributed by atoms with Gasteiger partial charge in [-0.3, -0.25) is 9.59 Å². The molecule has 8 heteroatoms. The van der Waals surface area contributed by atoms with Gasteiger partial charge in [0.15, 0.2) is 0 Å². The Bertz CT molecular complexity index is 960. The van der Waals surface area contributed by atoms with E-state index in [9.17, 15) is 18.0 Å². The number of rotatable bonds is 7. The minimum absolute atomic E-state index is 0.0316. The molecular formula is C20H22N2O5S. The number of benzene rings is 2. The van der Waals surface area contributed by atoms with Gasteiger partial charge in [0.25, 0.3) is 0 Å². The highest BCUT2D eigenvalue weighted by molar-refractivity contribution is 7.88. The Morgan fingerprint density at radius 3 is 2.68 bits per heavy atom. The van der Waals surface area contributed by atoms with E-state index in [4.69, 9.17) is 4.74 Å². The Kier molecular flexibility index (Phi) is 6.11. The molecule has 0 fully saturated rings. The van der Waals surface area contributed by atoms with Crippen LogP contribution in [0.5, 0.6) is 5.75 Å². The molecule has 7 nitrogen and oxygen atoms in total. The second-order valence-electron chi connectivity index (χ2n) is 6.73. The third kappa shape index (κ3) is 5.17. The zero-order chi connectivity index (χ0) is 20.1. The highest BCUT2D eigenvalue weighted by Gasteiger charge is 2.26. The number of hydrogen-bond acceptors (Lipinski definition) is 5. The summed E-state index contributed by atoms with van der Waals surface area (Å²) in [6.45, 7) is 0.421. The van der Waals surface area contributed by atoms with Crippen molar-refractivity contribution in [1.82, 2.24) is 10.0 Å². The fraction of sp³-hybridized carbons (Fsp3) is 0.300. The van der Waals surface area contributed by atoms with Crippen molar-refractivity contribution in [3.8, 4) is 5.75 Å². The summed E-state index contributed by atoms with van der Waals surface area (Å²) in [6.07, 6.45) is 2.37. The van der Waals surface area contributed by atoms with Gasteiger partial charge < -0.3 is 10.1 Å². The normalized spacial score (nSPS) is 17.1. The summed E-state index contributed by atoms with van der Waals surface area (Å²) in [6, 6.07) is 13.2. The van der Waals surface area contributed by atoms with Crippen LogP contribution in [-0.2, 0) is 14.8 Å². The van der Waals surface area contributed by atoms with E-state index in [2.05, 4.69) is 10.0 Å². The molecule has 2 aromatic rings. The molecule has 2 unspecified atom stereocenters. The average Bonchev–Trinajstić information content (AvgIpc) is 2.67. The highest BCUT2D eigenvalue weighted by atomic mass is 32.2. The average molecular weight is 402 g/mol. The number of aldehydes is 1. The quantitative estimate of drug-likeness (QED) is 0.691. The molecule has 0 saturated carbocycles. The summed E-state index contributed by atoms with van der Waals surface area (Å²) >= 11 is 0. The zero-order valence-electron chi connectivity index (χ0n) is 15.4. The van der Waals surface area contributed by atoms with E-state index in [1.165, 1.54) is 0 Å². The Balaban J connectivity index is 1.74. The van der Waals surface area contributed by atoms with Gasteiger partial charge >= 0.3 is 0 Å². The molecule has 2 aromatic carbocycles. The van der Waals surface area contributed by atoms with Crippen molar-refractivity contribution < 1.29 is 22.7 Å². The maximum absolute atomic E-state index is 12.7. The Morgan fingerprint density at radius 2 is 2.00 bits per heavy atom. The van der Waals surface area contributed by atoms with Crippen molar-refractivity contribution in [2.45, 2.75) is 24.9 Å². The van der Waals surface area contributed by atoms with Crippen LogP contribution in [0, 0.1) is 0 Å². The Hall–Kier alpha value is -2.71. The molecule has 1 heterocycles. The molecule has 0 aromatic heterocycles. The van der Waals surface area contributed by atoms with Gasteiger partial charge in [-0.2, -0.15) is 0 Å². The number of carbonyl (C=O) groups is 2. The van der Waals surface area contributed by atoms with E-state index >= 15 is 0 Å². The zero-order valence-corrected chi connectivity index (χ0v) is 16.2. The fourth-order valence-corrected chi connectivity index (χ4v) is 3.98. The molecular weight excluding hydrogens is 380 g/mol. The first-order valence-corrected chi connectivity index (χ1v) is 10.8. The molecule has 3 rings (SSSR count). The van der Waals surface area contributed by atoms with Gasteiger partial charge in [-0.05, 0) is 11.6 Å². The van der Waals surface area contributed by atoms with Crippen LogP contribution < -0.4 is 14.8 Å². The fourth-order valence-electron chi connectivity index (χ4n) is 3.24. The first-order valence-electron chi connectivity index (χ1n) is 8.89. The van der Waals surface area contributed by atoms with E-state index in [0.29, 0.717) is 29.9 Å². The lowest BCUT2D eigenvalue weighted by atomic mass is 9.98. The van der Waals surface area contributed by atoms with E-state index in [1.54, 1.807) is 42.5 Å². The summed E-state index contributed by atoms with van der Waals surface area (Å²) in [5.41, 5.74) is 2.02. The summed E-state index contributed by atoms with van der Waals surface area (Å²) in [7, 11) is -3.49. The molecule has 1 amide bonds. The lowest BCUT2D eigenvalue weighted by molar-refractivity contribution is -0.122. The van der Waals surface area contributed by atoms with Crippen LogP contribution in [0.4, 0.5) is 0 Å². The Labute approximate surface area is 164 Å². The second kappa shape index (κ2) is 8.53. The molecule has 148 valence electrons. The number of hydrogen-bond donors (Lipinski definition) is 2. The number of nitrogens with one attached hydrogen (secondary N) is 2. The lowest BCUT2D eigenvalue weighted by Gasteiger charge is -2.27. The van der Waals surface area contributed by atoms with Gasteiger partial charge in [-0.1, -0.05) is 42.5 Å².